The van der Waals surface area contributed by atoms with Gasteiger partial charge in [-0.2, -0.15) is 0 Å². The zero-order chi connectivity index (χ0) is 18.5. The number of methoxy groups -OCH3 is 1. The predicted molar refractivity (Wildman–Crippen MR) is 98.9 cm³/mol. The second-order valence-corrected chi connectivity index (χ2v) is 6.62. The van der Waals surface area contributed by atoms with Crippen LogP contribution in [0.1, 0.15) is 17.5 Å². The van der Waals surface area contributed by atoms with Crippen molar-refractivity contribution in [3.05, 3.63) is 34.8 Å². The van der Waals surface area contributed by atoms with Crippen molar-refractivity contribution in [2.45, 2.75) is 19.9 Å². The zero-order valence-electron chi connectivity index (χ0n) is 14.6. The van der Waals surface area contributed by atoms with E-state index in [1.807, 2.05) is 12.1 Å². The Morgan fingerprint density at radius 1 is 1.31 bits per heavy atom. The van der Waals surface area contributed by atoms with Gasteiger partial charge in [0.05, 0.1) is 31.6 Å². The predicted octanol–water partition coefficient (Wildman–Crippen LogP) is 3.31. The molecule has 1 aromatic carbocycles. The van der Waals surface area contributed by atoms with Crippen molar-refractivity contribution in [1.29, 1.82) is 0 Å². The maximum atomic E-state index is 12.6. The summed E-state index contributed by atoms with van der Waals surface area (Å²) < 4.78 is 10.1. The van der Waals surface area contributed by atoms with Gasteiger partial charge in [0.15, 0.2) is 5.13 Å². The second-order valence-electron chi connectivity index (χ2n) is 5.54. The normalized spacial score (nSPS) is 12.9. The van der Waals surface area contributed by atoms with Crippen LogP contribution in [0.5, 0.6) is 5.75 Å². The number of aromatic nitrogens is 1. The summed E-state index contributed by atoms with van der Waals surface area (Å²) in [7, 11) is 1.56. The molecule has 0 unspecified atom stereocenters. The van der Waals surface area contributed by atoms with Crippen LogP contribution < -0.4 is 15.4 Å². The lowest BCUT2D eigenvalue weighted by atomic mass is 10.2. The Hall–Kier alpha value is -2.81. The topological polar surface area (TPSA) is 92.8 Å². The van der Waals surface area contributed by atoms with Crippen molar-refractivity contribution in [2.75, 3.05) is 30.9 Å². The standard InChI is InChI=1S/C17H20N4O4S/c1-3-25-17(23)20-15-18-12-8-9-21(10-14(12)26-15)16(22)19-11-6-4-5-7-13(11)24-2/h4-7H,3,8-10H2,1-2H3,(H,19,22)(H,18,20,23). The number of anilines is 2. The number of hydrogen-bond donors (Lipinski definition) is 2. The average Bonchev–Trinajstić information content (AvgIpc) is 3.03. The maximum absolute atomic E-state index is 12.6. The van der Waals surface area contributed by atoms with E-state index in [-0.39, 0.29) is 6.03 Å². The first-order valence-corrected chi connectivity index (χ1v) is 9.03. The fourth-order valence-corrected chi connectivity index (χ4v) is 3.63. The lowest BCUT2D eigenvalue weighted by Gasteiger charge is -2.26. The first-order chi connectivity index (χ1) is 12.6. The average molecular weight is 376 g/mol. The first-order valence-electron chi connectivity index (χ1n) is 8.22. The summed E-state index contributed by atoms with van der Waals surface area (Å²) >= 11 is 1.36. The molecule has 0 saturated carbocycles. The van der Waals surface area contributed by atoms with Crippen LogP contribution in [0, 0.1) is 0 Å². The molecule has 2 heterocycles. The fraction of sp³-hybridized carbons (Fsp3) is 0.353. The number of urea groups is 1. The number of thiazole rings is 1. The number of carbonyl (C=O) groups excluding carboxylic acids is 2. The number of nitrogens with zero attached hydrogens (tertiary/aromatic N) is 2. The number of para-hydroxylation sites is 2. The molecule has 0 bridgehead atoms. The maximum Gasteiger partial charge on any atom is 0.413 e. The number of amides is 3. The second kappa shape index (κ2) is 8.05. The molecule has 0 atom stereocenters. The van der Waals surface area contributed by atoms with E-state index >= 15 is 0 Å². The van der Waals surface area contributed by atoms with E-state index < -0.39 is 6.09 Å². The molecule has 0 saturated heterocycles. The highest BCUT2D eigenvalue weighted by Crippen LogP contribution is 2.29. The van der Waals surface area contributed by atoms with Crippen LogP contribution >= 0.6 is 11.3 Å². The Bertz CT molecular complexity index is 808. The number of fused-ring (bicyclic) bond motifs is 1. The van der Waals surface area contributed by atoms with Crippen LogP contribution in [0.25, 0.3) is 0 Å². The summed E-state index contributed by atoms with van der Waals surface area (Å²) in [6.07, 6.45) is 0.111. The summed E-state index contributed by atoms with van der Waals surface area (Å²) in [6, 6.07) is 7.06. The summed E-state index contributed by atoms with van der Waals surface area (Å²) in [5.74, 6) is 0.609. The van der Waals surface area contributed by atoms with Crippen molar-refractivity contribution < 1.29 is 19.1 Å². The van der Waals surface area contributed by atoms with Crippen LogP contribution in [0.15, 0.2) is 24.3 Å². The number of nitrogens with one attached hydrogen (secondary N) is 2. The molecule has 3 rings (SSSR count). The zero-order valence-corrected chi connectivity index (χ0v) is 15.4. The van der Waals surface area contributed by atoms with Crippen LogP contribution in [0.4, 0.5) is 20.4 Å². The monoisotopic (exact) mass is 376 g/mol. The van der Waals surface area contributed by atoms with Crippen molar-refractivity contribution in [3.63, 3.8) is 0 Å². The molecule has 0 radical (unpaired) electrons. The molecule has 1 aliphatic rings. The van der Waals surface area contributed by atoms with E-state index in [0.717, 1.165) is 10.6 Å². The van der Waals surface area contributed by atoms with Gasteiger partial charge in [-0.1, -0.05) is 23.5 Å². The van der Waals surface area contributed by atoms with Gasteiger partial charge < -0.3 is 19.7 Å². The molecule has 3 amide bonds. The van der Waals surface area contributed by atoms with Gasteiger partial charge in [-0.05, 0) is 19.1 Å². The summed E-state index contributed by atoms with van der Waals surface area (Å²) in [5.41, 5.74) is 1.53. The molecule has 26 heavy (non-hydrogen) atoms. The Morgan fingerprint density at radius 2 is 2.12 bits per heavy atom. The van der Waals surface area contributed by atoms with Gasteiger partial charge in [-0.3, -0.25) is 5.32 Å². The largest absolute Gasteiger partial charge is 0.495 e. The van der Waals surface area contributed by atoms with Crippen LogP contribution in [-0.4, -0.2) is 42.3 Å². The number of carbonyl (C=O) groups is 2. The Balaban J connectivity index is 1.65. The molecule has 1 aliphatic heterocycles. The number of benzene rings is 1. The molecule has 138 valence electrons. The van der Waals surface area contributed by atoms with Crippen LogP contribution in [0.2, 0.25) is 0 Å². The van der Waals surface area contributed by atoms with Gasteiger partial charge in [-0.25, -0.2) is 14.6 Å². The van der Waals surface area contributed by atoms with Crippen molar-refractivity contribution in [3.8, 4) is 5.75 Å². The van der Waals surface area contributed by atoms with E-state index in [2.05, 4.69) is 15.6 Å². The highest BCUT2D eigenvalue weighted by molar-refractivity contribution is 7.15. The molecule has 1 aromatic heterocycles. The highest BCUT2D eigenvalue weighted by atomic mass is 32.1. The van der Waals surface area contributed by atoms with Gasteiger partial charge in [0.1, 0.15) is 5.75 Å². The quantitative estimate of drug-likeness (QED) is 0.854. The molecule has 8 nitrogen and oxygen atoms in total. The van der Waals surface area contributed by atoms with Crippen LogP contribution in [-0.2, 0) is 17.7 Å². The molecule has 0 spiro atoms. The van der Waals surface area contributed by atoms with E-state index in [4.69, 9.17) is 9.47 Å². The SMILES string of the molecule is CCOC(=O)Nc1nc2c(s1)CN(C(=O)Nc1ccccc1OC)CC2. The van der Waals surface area contributed by atoms with E-state index in [9.17, 15) is 9.59 Å². The van der Waals surface area contributed by atoms with Gasteiger partial charge in [0, 0.05) is 17.8 Å². The molecule has 2 aromatic rings. The minimum Gasteiger partial charge on any atom is -0.495 e. The minimum absolute atomic E-state index is 0.201. The minimum atomic E-state index is -0.524. The molecular weight excluding hydrogens is 356 g/mol. The first kappa shape index (κ1) is 18.0. The molecule has 9 heteroatoms. The number of rotatable bonds is 4. The molecule has 0 fully saturated rings. The molecule has 0 aliphatic carbocycles. The third-order valence-corrected chi connectivity index (χ3v) is 4.85. The smallest absolute Gasteiger partial charge is 0.413 e. The lowest BCUT2D eigenvalue weighted by molar-refractivity contribution is 0.168. The van der Waals surface area contributed by atoms with E-state index in [1.54, 1.807) is 31.1 Å². The number of ether oxygens (including phenoxy) is 2. The third-order valence-electron chi connectivity index (χ3n) is 3.85. The number of hydrogen-bond acceptors (Lipinski definition) is 6. The third kappa shape index (κ3) is 4.05. The summed E-state index contributed by atoms with van der Waals surface area (Å²) in [4.78, 5) is 31.1. The lowest BCUT2D eigenvalue weighted by Crippen LogP contribution is -2.38. The van der Waals surface area contributed by atoms with Gasteiger partial charge in [0.25, 0.3) is 0 Å². The van der Waals surface area contributed by atoms with Gasteiger partial charge in [-0.15, -0.1) is 0 Å². The van der Waals surface area contributed by atoms with Crippen LogP contribution in [0.3, 0.4) is 0 Å². The Morgan fingerprint density at radius 3 is 2.88 bits per heavy atom. The Labute approximate surface area is 155 Å². The fourth-order valence-electron chi connectivity index (χ4n) is 2.62. The Kier molecular flexibility index (Phi) is 5.57. The summed E-state index contributed by atoms with van der Waals surface area (Å²) in [5, 5.41) is 5.97. The summed E-state index contributed by atoms with van der Waals surface area (Å²) in [6.45, 7) is 3.04. The van der Waals surface area contributed by atoms with E-state index in [0.29, 0.717) is 42.7 Å². The molecular formula is C17H20N4O4S. The van der Waals surface area contributed by atoms with Gasteiger partial charge >= 0.3 is 12.1 Å². The van der Waals surface area contributed by atoms with Gasteiger partial charge in [0.2, 0.25) is 0 Å². The highest BCUT2D eigenvalue weighted by Gasteiger charge is 2.25. The van der Waals surface area contributed by atoms with E-state index in [1.165, 1.54) is 11.3 Å². The van der Waals surface area contributed by atoms with Crippen molar-refractivity contribution >= 4 is 34.3 Å². The van der Waals surface area contributed by atoms with Crippen molar-refractivity contribution in [1.82, 2.24) is 9.88 Å². The molecule has 2 N–H and O–H groups in total. The van der Waals surface area contributed by atoms with Crippen molar-refractivity contribution in [2.24, 2.45) is 0 Å².